The van der Waals surface area contributed by atoms with Crippen LogP contribution < -0.4 is 5.32 Å². The minimum atomic E-state index is -0.782. The molecule has 2 heterocycles. The number of carbonyl (C=O) groups excluding carboxylic acids is 1. The molecule has 0 aromatic carbocycles. The van der Waals surface area contributed by atoms with Gasteiger partial charge >= 0.3 is 0 Å². The molecule has 1 aliphatic rings. The summed E-state index contributed by atoms with van der Waals surface area (Å²) in [6, 6.07) is 6.12. The van der Waals surface area contributed by atoms with E-state index >= 15 is 0 Å². The van der Waals surface area contributed by atoms with Crippen LogP contribution in [-0.4, -0.2) is 22.4 Å². The van der Waals surface area contributed by atoms with Crippen molar-refractivity contribution in [3.8, 4) is 17.3 Å². The Morgan fingerprint density at radius 3 is 2.79 bits per heavy atom. The van der Waals surface area contributed by atoms with Gasteiger partial charge in [-0.3, -0.25) is 9.78 Å². The molecule has 1 fully saturated rings. The molecule has 24 heavy (non-hydrogen) atoms. The van der Waals surface area contributed by atoms with Crippen molar-refractivity contribution in [3.63, 3.8) is 0 Å². The van der Waals surface area contributed by atoms with Gasteiger partial charge in [0.05, 0.1) is 16.8 Å². The number of hydrogen-bond donors (Lipinski definition) is 1. The zero-order valence-electron chi connectivity index (χ0n) is 13.5. The highest BCUT2D eigenvalue weighted by Crippen LogP contribution is 2.37. The molecule has 3 rings (SSSR count). The zero-order valence-corrected chi connectivity index (χ0v) is 14.3. The summed E-state index contributed by atoms with van der Waals surface area (Å²) in [6.45, 7) is 0.590. The lowest BCUT2D eigenvalue weighted by Gasteiger charge is -2.18. The third-order valence-corrected chi connectivity index (χ3v) is 5.40. The summed E-state index contributed by atoms with van der Waals surface area (Å²) in [4.78, 5) is 20.9. The topological polar surface area (TPSA) is 78.7 Å². The molecule has 5 nitrogen and oxygen atoms in total. The van der Waals surface area contributed by atoms with E-state index in [1.165, 1.54) is 0 Å². The van der Waals surface area contributed by atoms with Crippen LogP contribution in [0.4, 0.5) is 0 Å². The standard InChI is InChI=1S/C18H20N4OS/c19-13-18(7-1-2-8-18)17(23)21-9-3-4-16-22-15(12-24-16)14-5-10-20-11-6-14/h5-6,10-12H,1-4,7-9H2,(H,21,23). The van der Waals surface area contributed by atoms with Gasteiger partial charge in [0.2, 0.25) is 5.91 Å². The quantitative estimate of drug-likeness (QED) is 0.818. The van der Waals surface area contributed by atoms with Gasteiger partial charge in [-0.2, -0.15) is 5.26 Å². The molecular formula is C18H20N4OS. The Hall–Kier alpha value is -2.26. The molecule has 6 heteroatoms. The number of amides is 1. The number of pyridine rings is 1. The Morgan fingerprint density at radius 1 is 1.33 bits per heavy atom. The second-order valence-electron chi connectivity index (χ2n) is 6.12. The van der Waals surface area contributed by atoms with E-state index in [1.807, 2.05) is 17.5 Å². The Kier molecular flexibility index (Phi) is 5.21. The van der Waals surface area contributed by atoms with Crippen LogP contribution in [-0.2, 0) is 11.2 Å². The molecule has 1 aliphatic carbocycles. The largest absolute Gasteiger partial charge is 0.355 e. The summed E-state index contributed by atoms with van der Waals surface area (Å²) in [5, 5.41) is 15.4. The number of nitriles is 1. The van der Waals surface area contributed by atoms with E-state index in [1.54, 1.807) is 23.7 Å². The predicted octanol–water partition coefficient (Wildman–Crippen LogP) is 3.34. The minimum absolute atomic E-state index is 0.0980. The van der Waals surface area contributed by atoms with Crippen molar-refractivity contribution < 1.29 is 4.79 Å². The Labute approximate surface area is 145 Å². The van der Waals surface area contributed by atoms with Crippen molar-refractivity contribution in [2.45, 2.75) is 38.5 Å². The summed E-state index contributed by atoms with van der Waals surface area (Å²) in [5.41, 5.74) is 1.25. The molecule has 0 spiro atoms. The Balaban J connectivity index is 1.47. The fourth-order valence-electron chi connectivity index (χ4n) is 3.06. The van der Waals surface area contributed by atoms with Gasteiger partial charge in [-0.05, 0) is 31.4 Å². The first kappa shape index (κ1) is 16.6. The molecule has 0 unspecified atom stereocenters. The maximum atomic E-state index is 12.2. The first-order valence-electron chi connectivity index (χ1n) is 8.28. The molecule has 2 aromatic rings. The van der Waals surface area contributed by atoms with Crippen molar-refractivity contribution in [2.75, 3.05) is 6.54 Å². The van der Waals surface area contributed by atoms with Gasteiger partial charge < -0.3 is 5.32 Å². The second kappa shape index (κ2) is 7.54. The molecule has 124 valence electrons. The van der Waals surface area contributed by atoms with Crippen LogP contribution in [0.15, 0.2) is 29.9 Å². The van der Waals surface area contributed by atoms with Gasteiger partial charge in [0, 0.05) is 36.3 Å². The average molecular weight is 340 g/mol. The van der Waals surface area contributed by atoms with E-state index in [-0.39, 0.29) is 5.91 Å². The van der Waals surface area contributed by atoms with E-state index in [2.05, 4.69) is 21.4 Å². The maximum Gasteiger partial charge on any atom is 0.240 e. The second-order valence-corrected chi connectivity index (χ2v) is 7.07. The highest BCUT2D eigenvalue weighted by molar-refractivity contribution is 7.09. The highest BCUT2D eigenvalue weighted by atomic mass is 32.1. The van der Waals surface area contributed by atoms with Gasteiger partial charge in [-0.15, -0.1) is 11.3 Å². The molecular weight excluding hydrogens is 320 g/mol. The third kappa shape index (κ3) is 3.62. The number of nitrogens with one attached hydrogen (secondary N) is 1. The van der Waals surface area contributed by atoms with Gasteiger partial charge in [-0.25, -0.2) is 4.98 Å². The number of aromatic nitrogens is 2. The first-order chi connectivity index (χ1) is 11.7. The van der Waals surface area contributed by atoms with Gasteiger partial charge in [0.25, 0.3) is 0 Å². The summed E-state index contributed by atoms with van der Waals surface area (Å²) in [6.07, 6.45) is 8.51. The zero-order chi connectivity index (χ0) is 16.8. The van der Waals surface area contributed by atoms with Crippen LogP contribution in [0.5, 0.6) is 0 Å². The lowest BCUT2D eigenvalue weighted by Crippen LogP contribution is -2.38. The summed E-state index contributed by atoms with van der Waals surface area (Å²) >= 11 is 1.64. The first-order valence-corrected chi connectivity index (χ1v) is 9.16. The van der Waals surface area contributed by atoms with Crippen LogP contribution in [0.25, 0.3) is 11.3 Å². The van der Waals surface area contributed by atoms with Crippen LogP contribution in [0, 0.1) is 16.7 Å². The van der Waals surface area contributed by atoms with Gasteiger partial charge in [-0.1, -0.05) is 12.8 Å². The Morgan fingerprint density at radius 2 is 2.08 bits per heavy atom. The number of thiazole rings is 1. The predicted molar refractivity (Wildman–Crippen MR) is 93.2 cm³/mol. The van der Waals surface area contributed by atoms with Crippen molar-refractivity contribution in [2.24, 2.45) is 5.41 Å². The normalized spacial score (nSPS) is 15.8. The number of carbonyl (C=O) groups is 1. The number of hydrogen-bond acceptors (Lipinski definition) is 5. The average Bonchev–Trinajstić information content (AvgIpc) is 3.29. The van der Waals surface area contributed by atoms with Crippen LogP contribution in [0.2, 0.25) is 0 Å². The molecule has 1 N–H and O–H groups in total. The molecule has 1 amide bonds. The van der Waals surface area contributed by atoms with Crippen LogP contribution in [0.1, 0.15) is 37.1 Å². The van der Waals surface area contributed by atoms with Crippen LogP contribution >= 0.6 is 11.3 Å². The maximum absolute atomic E-state index is 12.2. The smallest absolute Gasteiger partial charge is 0.240 e. The summed E-state index contributed by atoms with van der Waals surface area (Å²) < 4.78 is 0. The highest BCUT2D eigenvalue weighted by Gasteiger charge is 2.41. The summed E-state index contributed by atoms with van der Waals surface area (Å²) in [7, 11) is 0. The van der Waals surface area contributed by atoms with E-state index in [4.69, 9.17) is 0 Å². The third-order valence-electron chi connectivity index (χ3n) is 4.49. The molecule has 0 saturated heterocycles. The fourth-order valence-corrected chi connectivity index (χ4v) is 3.91. The number of aryl methyl sites for hydroxylation is 1. The lowest BCUT2D eigenvalue weighted by atomic mass is 9.87. The molecule has 2 aromatic heterocycles. The Bertz CT molecular complexity index is 729. The molecule has 0 atom stereocenters. The SMILES string of the molecule is N#CC1(C(=O)NCCCc2nc(-c3ccncc3)cs2)CCCC1. The number of rotatable bonds is 6. The van der Waals surface area contributed by atoms with E-state index in [0.29, 0.717) is 19.4 Å². The van der Waals surface area contributed by atoms with E-state index in [0.717, 1.165) is 41.9 Å². The summed E-state index contributed by atoms with van der Waals surface area (Å²) in [5.74, 6) is -0.0980. The lowest BCUT2D eigenvalue weighted by molar-refractivity contribution is -0.127. The molecule has 0 bridgehead atoms. The van der Waals surface area contributed by atoms with E-state index < -0.39 is 5.41 Å². The molecule has 0 radical (unpaired) electrons. The van der Waals surface area contributed by atoms with Crippen molar-refractivity contribution in [1.82, 2.24) is 15.3 Å². The number of nitrogens with zero attached hydrogens (tertiary/aromatic N) is 3. The molecule has 0 aliphatic heterocycles. The van der Waals surface area contributed by atoms with Crippen LogP contribution in [0.3, 0.4) is 0 Å². The van der Waals surface area contributed by atoms with Crippen molar-refractivity contribution in [3.05, 3.63) is 34.9 Å². The van der Waals surface area contributed by atoms with Crippen molar-refractivity contribution >= 4 is 17.2 Å². The van der Waals surface area contributed by atoms with Gasteiger partial charge in [0.15, 0.2) is 0 Å². The molecule has 1 saturated carbocycles. The van der Waals surface area contributed by atoms with Gasteiger partial charge in [0.1, 0.15) is 5.41 Å². The van der Waals surface area contributed by atoms with E-state index in [9.17, 15) is 10.1 Å². The fraction of sp³-hybridized carbons (Fsp3) is 0.444. The monoisotopic (exact) mass is 340 g/mol. The van der Waals surface area contributed by atoms with Crippen molar-refractivity contribution in [1.29, 1.82) is 5.26 Å². The minimum Gasteiger partial charge on any atom is -0.355 e.